The van der Waals surface area contributed by atoms with E-state index in [2.05, 4.69) is 29.1 Å². The van der Waals surface area contributed by atoms with Gasteiger partial charge in [-0.25, -0.2) is 9.59 Å². The molecule has 3 atom stereocenters. The van der Waals surface area contributed by atoms with Crippen molar-refractivity contribution in [2.75, 3.05) is 26.9 Å². The molecule has 3 unspecified atom stereocenters. The monoisotopic (exact) mass is 561 g/mol. The number of carbonyl (C=O) groups excluding carboxylic acids is 4. The summed E-state index contributed by atoms with van der Waals surface area (Å²) >= 11 is 0. The maximum atomic E-state index is 13.4. The fourth-order valence-corrected chi connectivity index (χ4v) is 3.40. The van der Waals surface area contributed by atoms with Crippen LogP contribution in [0.3, 0.4) is 0 Å². The summed E-state index contributed by atoms with van der Waals surface area (Å²) in [6.07, 6.45) is 2.46. The van der Waals surface area contributed by atoms with Crippen molar-refractivity contribution in [2.45, 2.75) is 64.8 Å². The summed E-state index contributed by atoms with van der Waals surface area (Å²) in [5, 5.41) is 7.89. The average Bonchev–Trinajstić information content (AvgIpc) is 2.88. The highest BCUT2D eigenvalue weighted by atomic mass is 16.6. The van der Waals surface area contributed by atoms with Gasteiger partial charge in [0.25, 0.3) is 0 Å². The summed E-state index contributed by atoms with van der Waals surface area (Å²) in [7, 11) is 1.20. The molecule has 11 nitrogen and oxygen atoms in total. The Kier molecular flexibility index (Phi) is 14.5. The maximum Gasteiger partial charge on any atom is 0.408 e. The number of hydrogen-bond donors (Lipinski definition) is 3. The first-order valence-electron chi connectivity index (χ1n) is 13.0. The van der Waals surface area contributed by atoms with Gasteiger partial charge in [0.2, 0.25) is 11.8 Å². The molecule has 1 aromatic carbocycles. The van der Waals surface area contributed by atoms with Crippen molar-refractivity contribution >= 4 is 23.9 Å². The second-order valence-corrected chi connectivity index (χ2v) is 10.3. The van der Waals surface area contributed by atoms with Gasteiger partial charge in [-0.1, -0.05) is 44.7 Å². The summed E-state index contributed by atoms with van der Waals surface area (Å²) in [4.78, 5) is 51.3. The molecule has 0 saturated carbocycles. The molecule has 0 bridgehead atoms. The van der Waals surface area contributed by atoms with E-state index in [1.54, 1.807) is 65.0 Å². The first kappa shape index (κ1) is 34.2. The fourth-order valence-electron chi connectivity index (χ4n) is 3.40. The van der Waals surface area contributed by atoms with Crippen molar-refractivity contribution in [3.63, 3.8) is 0 Å². The normalized spacial score (nSPS) is 13.3. The van der Waals surface area contributed by atoms with Crippen molar-refractivity contribution in [1.82, 2.24) is 16.0 Å². The molecule has 3 amide bonds. The molecule has 1 aromatic rings. The molecule has 0 aliphatic carbocycles. The molecule has 222 valence electrons. The van der Waals surface area contributed by atoms with E-state index in [-0.39, 0.29) is 25.6 Å². The number of esters is 1. The van der Waals surface area contributed by atoms with Gasteiger partial charge in [0.05, 0.1) is 20.3 Å². The highest BCUT2D eigenvalue weighted by Gasteiger charge is 2.32. The number of ether oxygens (including phenoxy) is 4. The van der Waals surface area contributed by atoms with Gasteiger partial charge in [0.15, 0.2) is 6.04 Å². The predicted octanol–water partition coefficient (Wildman–Crippen LogP) is 2.69. The number of alkyl carbamates (subject to hydrolysis) is 1. The van der Waals surface area contributed by atoms with Gasteiger partial charge in [-0.3, -0.25) is 9.59 Å². The molecular formula is C29H43N3O8. The zero-order chi connectivity index (χ0) is 30.3. The first-order valence-corrected chi connectivity index (χ1v) is 13.0. The third kappa shape index (κ3) is 12.8. The van der Waals surface area contributed by atoms with Crippen LogP contribution in [-0.4, -0.2) is 74.5 Å². The van der Waals surface area contributed by atoms with Crippen LogP contribution in [0.5, 0.6) is 5.75 Å². The van der Waals surface area contributed by atoms with Crippen molar-refractivity contribution in [2.24, 2.45) is 5.92 Å². The average molecular weight is 562 g/mol. The molecule has 0 saturated heterocycles. The van der Waals surface area contributed by atoms with Crippen molar-refractivity contribution in [1.29, 1.82) is 0 Å². The van der Waals surface area contributed by atoms with Gasteiger partial charge in [-0.2, -0.15) is 0 Å². The minimum Gasteiger partial charge on any atom is -0.490 e. The topological polar surface area (TPSA) is 141 Å². The van der Waals surface area contributed by atoms with Gasteiger partial charge < -0.3 is 34.9 Å². The number of benzene rings is 1. The smallest absolute Gasteiger partial charge is 0.408 e. The molecule has 0 radical (unpaired) electrons. The van der Waals surface area contributed by atoms with Crippen LogP contribution in [0.2, 0.25) is 0 Å². The Labute approximate surface area is 236 Å². The van der Waals surface area contributed by atoms with E-state index in [1.165, 1.54) is 13.2 Å². The number of carbonyl (C=O) groups is 4. The van der Waals surface area contributed by atoms with E-state index in [0.717, 1.165) is 5.56 Å². The van der Waals surface area contributed by atoms with E-state index in [1.807, 2.05) is 0 Å². The highest BCUT2D eigenvalue weighted by Crippen LogP contribution is 2.15. The van der Waals surface area contributed by atoms with Crippen LogP contribution in [0, 0.1) is 5.92 Å². The van der Waals surface area contributed by atoms with Gasteiger partial charge in [-0.15, -0.1) is 6.58 Å². The van der Waals surface area contributed by atoms with Crippen LogP contribution in [-0.2, 0) is 35.0 Å². The second kappa shape index (κ2) is 17.0. The molecule has 40 heavy (non-hydrogen) atoms. The molecule has 1 rings (SSSR count). The number of rotatable bonds is 16. The summed E-state index contributed by atoms with van der Waals surface area (Å²) in [6, 6.07) is 3.83. The Morgan fingerprint density at radius 2 is 1.52 bits per heavy atom. The Morgan fingerprint density at radius 1 is 0.900 bits per heavy atom. The van der Waals surface area contributed by atoms with E-state index >= 15 is 0 Å². The molecule has 0 spiro atoms. The predicted molar refractivity (Wildman–Crippen MR) is 151 cm³/mol. The van der Waals surface area contributed by atoms with Crippen molar-refractivity contribution < 1.29 is 38.1 Å². The lowest BCUT2D eigenvalue weighted by Crippen LogP contribution is -2.58. The standard InChI is InChI=1S/C29H43N3O8/c1-9-15-38-18-23(27(35)37-8)30-26(34)24(19(3)4)32-25(33)22(31-28(36)40-29(5,6)7)17-20-11-13-21(14-12-20)39-16-10-2/h9-14,19,22-24H,1-2,15-18H2,3-8H3,(H,30,34)(H,31,36)(H,32,33). The Hall–Kier alpha value is -3.86. The van der Waals surface area contributed by atoms with Crippen LogP contribution in [0.15, 0.2) is 49.6 Å². The molecule has 3 N–H and O–H groups in total. The van der Waals surface area contributed by atoms with E-state index in [0.29, 0.717) is 12.4 Å². The number of nitrogens with one attached hydrogen (secondary N) is 3. The zero-order valence-electron chi connectivity index (χ0n) is 24.3. The van der Waals surface area contributed by atoms with Gasteiger partial charge in [0.1, 0.15) is 30.0 Å². The first-order chi connectivity index (χ1) is 18.8. The largest absolute Gasteiger partial charge is 0.490 e. The number of hydrogen-bond acceptors (Lipinski definition) is 8. The van der Waals surface area contributed by atoms with Crippen LogP contribution in [0.25, 0.3) is 0 Å². The van der Waals surface area contributed by atoms with Crippen LogP contribution < -0.4 is 20.7 Å². The van der Waals surface area contributed by atoms with Crippen molar-refractivity contribution in [3.8, 4) is 5.75 Å². The lowest BCUT2D eigenvalue weighted by molar-refractivity contribution is -0.147. The summed E-state index contributed by atoms with van der Waals surface area (Å²) < 4.78 is 20.9. The fraction of sp³-hybridized carbons (Fsp3) is 0.517. The third-order valence-electron chi connectivity index (χ3n) is 5.31. The Bertz CT molecular complexity index is 1000. The second-order valence-electron chi connectivity index (χ2n) is 10.3. The lowest BCUT2D eigenvalue weighted by atomic mass is 10.0. The minimum absolute atomic E-state index is 0.111. The van der Waals surface area contributed by atoms with Crippen LogP contribution >= 0.6 is 0 Å². The minimum atomic E-state index is -1.09. The van der Waals surface area contributed by atoms with Crippen LogP contribution in [0.1, 0.15) is 40.2 Å². The van der Waals surface area contributed by atoms with E-state index in [4.69, 9.17) is 18.9 Å². The SMILES string of the molecule is C=CCOCC(NC(=O)C(NC(=O)C(Cc1ccc(OCC=C)cc1)NC(=O)OC(C)(C)C)C(C)C)C(=O)OC. The lowest BCUT2D eigenvalue weighted by Gasteiger charge is -2.27. The molecule has 0 aliphatic heterocycles. The van der Waals surface area contributed by atoms with Gasteiger partial charge >= 0.3 is 12.1 Å². The Balaban J connectivity index is 3.12. The van der Waals surface area contributed by atoms with Gasteiger partial charge in [0, 0.05) is 6.42 Å². The third-order valence-corrected chi connectivity index (χ3v) is 5.31. The number of methoxy groups -OCH3 is 1. The molecule has 0 aromatic heterocycles. The zero-order valence-corrected chi connectivity index (χ0v) is 24.3. The number of amides is 3. The molecule has 0 fully saturated rings. The Morgan fingerprint density at radius 3 is 2.05 bits per heavy atom. The van der Waals surface area contributed by atoms with E-state index < -0.39 is 47.6 Å². The summed E-state index contributed by atoms with van der Waals surface area (Å²) in [5.74, 6) is -1.65. The maximum absolute atomic E-state index is 13.4. The molecule has 0 heterocycles. The summed E-state index contributed by atoms with van der Waals surface area (Å²) in [6.45, 7) is 16.1. The van der Waals surface area contributed by atoms with Gasteiger partial charge in [-0.05, 0) is 44.4 Å². The molecule has 11 heteroatoms. The van der Waals surface area contributed by atoms with E-state index in [9.17, 15) is 19.2 Å². The molecule has 0 aliphatic rings. The quantitative estimate of drug-likeness (QED) is 0.159. The van der Waals surface area contributed by atoms with Crippen LogP contribution in [0.4, 0.5) is 4.79 Å². The molecular weight excluding hydrogens is 518 g/mol. The van der Waals surface area contributed by atoms with Crippen molar-refractivity contribution in [3.05, 3.63) is 55.1 Å². The highest BCUT2D eigenvalue weighted by molar-refractivity contribution is 5.93. The summed E-state index contributed by atoms with van der Waals surface area (Å²) in [5.41, 5.74) is -0.0514.